The van der Waals surface area contributed by atoms with Crippen LogP contribution >= 0.6 is 0 Å². The first-order chi connectivity index (χ1) is 10.0. The lowest BCUT2D eigenvalue weighted by Gasteiger charge is -2.15. The summed E-state index contributed by atoms with van der Waals surface area (Å²) in [5.41, 5.74) is 0. The summed E-state index contributed by atoms with van der Waals surface area (Å²) in [4.78, 5) is 22.9. The van der Waals surface area contributed by atoms with Gasteiger partial charge in [-0.3, -0.25) is 9.59 Å². The summed E-state index contributed by atoms with van der Waals surface area (Å²) in [5.74, 6) is 0.0966. The summed E-state index contributed by atoms with van der Waals surface area (Å²) >= 11 is 0. The number of phenolic OH excluding ortho intramolecular Hbond substituents is 1. The first-order valence-electron chi connectivity index (χ1n) is 6.52. The minimum absolute atomic E-state index is 0.00564. The number of amides is 2. The lowest BCUT2D eigenvalue weighted by Crippen LogP contribution is -2.41. The summed E-state index contributed by atoms with van der Waals surface area (Å²) in [6, 6.07) is 6.10. The van der Waals surface area contributed by atoms with Gasteiger partial charge in [-0.15, -0.1) is 0 Å². The molecule has 0 radical (unpaired) electrons. The lowest BCUT2D eigenvalue weighted by molar-refractivity contribution is -0.128. The number of aromatic hydroxyl groups is 1. The van der Waals surface area contributed by atoms with E-state index in [4.69, 9.17) is 9.84 Å². The SMILES string of the molecule is COCC(=O)NCCNC(=O)C(C)Oc1ccc(O)cc1. The van der Waals surface area contributed by atoms with Crippen LogP contribution in [0.1, 0.15) is 6.92 Å². The summed E-state index contributed by atoms with van der Waals surface area (Å²) in [6.45, 7) is 2.23. The van der Waals surface area contributed by atoms with Crippen LogP contribution in [-0.2, 0) is 14.3 Å². The van der Waals surface area contributed by atoms with E-state index in [-0.39, 0.29) is 24.2 Å². The summed E-state index contributed by atoms with van der Waals surface area (Å²) in [5, 5.41) is 14.4. The highest BCUT2D eigenvalue weighted by Gasteiger charge is 2.14. The van der Waals surface area contributed by atoms with Gasteiger partial charge in [0.15, 0.2) is 6.10 Å². The molecule has 0 saturated carbocycles. The Bertz CT molecular complexity index is 461. The molecule has 1 unspecified atom stereocenters. The van der Waals surface area contributed by atoms with Crippen molar-refractivity contribution in [2.75, 3.05) is 26.8 Å². The number of methoxy groups -OCH3 is 1. The van der Waals surface area contributed by atoms with E-state index in [0.717, 1.165) is 0 Å². The van der Waals surface area contributed by atoms with Crippen LogP contribution in [0.25, 0.3) is 0 Å². The topological polar surface area (TPSA) is 96.9 Å². The fourth-order valence-corrected chi connectivity index (χ4v) is 1.50. The number of hydrogen-bond donors (Lipinski definition) is 3. The molecule has 1 aromatic rings. The van der Waals surface area contributed by atoms with Gasteiger partial charge < -0.3 is 25.2 Å². The van der Waals surface area contributed by atoms with Gasteiger partial charge in [-0.2, -0.15) is 0 Å². The van der Waals surface area contributed by atoms with Gasteiger partial charge in [0.2, 0.25) is 5.91 Å². The number of hydrogen-bond acceptors (Lipinski definition) is 5. The molecule has 1 atom stereocenters. The third kappa shape index (κ3) is 6.62. The van der Waals surface area contributed by atoms with Gasteiger partial charge in [0.05, 0.1) is 0 Å². The van der Waals surface area contributed by atoms with Gasteiger partial charge in [0, 0.05) is 20.2 Å². The zero-order valence-corrected chi connectivity index (χ0v) is 12.1. The second-order valence-electron chi connectivity index (χ2n) is 4.33. The van der Waals surface area contributed by atoms with E-state index in [1.165, 1.54) is 19.2 Å². The van der Waals surface area contributed by atoms with E-state index in [9.17, 15) is 9.59 Å². The Balaban J connectivity index is 2.25. The van der Waals surface area contributed by atoms with E-state index >= 15 is 0 Å². The van der Waals surface area contributed by atoms with Crippen molar-refractivity contribution in [1.82, 2.24) is 10.6 Å². The fourth-order valence-electron chi connectivity index (χ4n) is 1.50. The average molecular weight is 296 g/mol. The summed E-state index contributed by atoms with van der Waals surface area (Å²) in [6.07, 6.45) is -0.677. The van der Waals surface area contributed by atoms with Crippen molar-refractivity contribution in [2.45, 2.75) is 13.0 Å². The van der Waals surface area contributed by atoms with Gasteiger partial charge in [-0.05, 0) is 31.2 Å². The standard InChI is InChI=1S/C14H20N2O5/c1-10(21-12-5-3-11(17)4-6-12)14(19)16-8-7-15-13(18)9-20-2/h3-6,10,17H,7-9H2,1-2H3,(H,15,18)(H,16,19). The smallest absolute Gasteiger partial charge is 0.260 e. The van der Waals surface area contributed by atoms with E-state index in [1.807, 2.05) is 0 Å². The van der Waals surface area contributed by atoms with E-state index < -0.39 is 6.10 Å². The van der Waals surface area contributed by atoms with E-state index in [1.54, 1.807) is 19.1 Å². The normalized spacial score (nSPS) is 11.5. The Hall–Kier alpha value is -2.28. The zero-order chi connectivity index (χ0) is 15.7. The van der Waals surface area contributed by atoms with Crippen molar-refractivity contribution in [3.8, 4) is 11.5 Å². The third-order valence-electron chi connectivity index (χ3n) is 2.54. The van der Waals surface area contributed by atoms with Crippen molar-refractivity contribution in [2.24, 2.45) is 0 Å². The van der Waals surface area contributed by atoms with Crippen LogP contribution in [0.15, 0.2) is 24.3 Å². The summed E-state index contributed by atoms with van der Waals surface area (Å²) in [7, 11) is 1.43. The van der Waals surface area contributed by atoms with Gasteiger partial charge in [-0.1, -0.05) is 0 Å². The number of carbonyl (C=O) groups excluding carboxylic acids is 2. The molecule has 0 fully saturated rings. The monoisotopic (exact) mass is 296 g/mol. The van der Waals surface area contributed by atoms with Crippen LogP contribution in [0.3, 0.4) is 0 Å². The molecular formula is C14H20N2O5. The van der Waals surface area contributed by atoms with Crippen molar-refractivity contribution in [1.29, 1.82) is 0 Å². The Kier molecular flexibility index (Phi) is 7.03. The zero-order valence-electron chi connectivity index (χ0n) is 12.1. The molecule has 0 saturated heterocycles. The molecule has 0 bridgehead atoms. The van der Waals surface area contributed by atoms with Crippen molar-refractivity contribution < 1.29 is 24.2 Å². The maximum absolute atomic E-state index is 11.8. The predicted molar refractivity (Wildman–Crippen MR) is 76.1 cm³/mol. The van der Waals surface area contributed by atoms with Gasteiger partial charge in [-0.25, -0.2) is 0 Å². The molecular weight excluding hydrogens is 276 g/mol. The second-order valence-corrected chi connectivity index (χ2v) is 4.33. The molecule has 1 rings (SSSR count). The van der Waals surface area contributed by atoms with Crippen LogP contribution in [0.5, 0.6) is 11.5 Å². The Labute approximate surface area is 123 Å². The van der Waals surface area contributed by atoms with Crippen molar-refractivity contribution in [3.63, 3.8) is 0 Å². The quantitative estimate of drug-likeness (QED) is 0.588. The predicted octanol–water partition coefficient (Wildman–Crippen LogP) is 0.0383. The summed E-state index contributed by atoms with van der Waals surface area (Å²) < 4.78 is 10.1. The molecule has 116 valence electrons. The molecule has 7 heteroatoms. The molecule has 0 aliphatic rings. The number of phenols is 1. The van der Waals surface area contributed by atoms with Gasteiger partial charge >= 0.3 is 0 Å². The van der Waals surface area contributed by atoms with Crippen LogP contribution < -0.4 is 15.4 Å². The van der Waals surface area contributed by atoms with Crippen LogP contribution in [-0.4, -0.2) is 49.8 Å². The van der Waals surface area contributed by atoms with Gasteiger partial charge in [0.25, 0.3) is 5.91 Å². The van der Waals surface area contributed by atoms with Crippen LogP contribution in [0.4, 0.5) is 0 Å². The maximum Gasteiger partial charge on any atom is 0.260 e. The lowest BCUT2D eigenvalue weighted by atomic mass is 10.3. The minimum atomic E-state index is -0.677. The molecule has 0 aromatic heterocycles. The number of rotatable bonds is 8. The fraction of sp³-hybridized carbons (Fsp3) is 0.429. The molecule has 0 heterocycles. The molecule has 7 nitrogen and oxygen atoms in total. The first-order valence-corrected chi connectivity index (χ1v) is 6.52. The number of nitrogens with one attached hydrogen (secondary N) is 2. The highest BCUT2D eigenvalue weighted by molar-refractivity contribution is 5.81. The second kappa shape index (κ2) is 8.80. The Morgan fingerprint density at radius 3 is 2.43 bits per heavy atom. The van der Waals surface area contributed by atoms with Crippen molar-refractivity contribution >= 4 is 11.8 Å². The first kappa shape index (κ1) is 16.8. The average Bonchev–Trinajstić information content (AvgIpc) is 2.46. The molecule has 3 N–H and O–H groups in total. The Morgan fingerprint density at radius 2 is 1.81 bits per heavy atom. The largest absolute Gasteiger partial charge is 0.508 e. The third-order valence-corrected chi connectivity index (χ3v) is 2.54. The number of carbonyl (C=O) groups is 2. The van der Waals surface area contributed by atoms with Crippen LogP contribution in [0, 0.1) is 0 Å². The molecule has 2 amide bonds. The molecule has 21 heavy (non-hydrogen) atoms. The minimum Gasteiger partial charge on any atom is -0.508 e. The van der Waals surface area contributed by atoms with E-state index in [0.29, 0.717) is 18.8 Å². The molecule has 1 aromatic carbocycles. The number of ether oxygens (including phenoxy) is 2. The highest BCUT2D eigenvalue weighted by Crippen LogP contribution is 2.17. The Morgan fingerprint density at radius 1 is 1.19 bits per heavy atom. The van der Waals surface area contributed by atoms with Crippen LogP contribution in [0.2, 0.25) is 0 Å². The molecule has 0 spiro atoms. The molecule has 0 aliphatic carbocycles. The highest BCUT2D eigenvalue weighted by atomic mass is 16.5. The number of benzene rings is 1. The maximum atomic E-state index is 11.8. The van der Waals surface area contributed by atoms with E-state index in [2.05, 4.69) is 15.4 Å². The van der Waals surface area contributed by atoms with Gasteiger partial charge in [0.1, 0.15) is 18.1 Å². The van der Waals surface area contributed by atoms with Crippen molar-refractivity contribution in [3.05, 3.63) is 24.3 Å². The molecule has 0 aliphatic heterocycles.